The van der Waals surface area contributed by atoms with Crippen molar-refractivity contribution >= 4 is 34.5 Å². The van der Waals surface area contributed by atoms with Gasteiger partial charge in [-0.2, -0.15) is 11.8 Å². The highest BCUT2D eigenvalue weighted by Gasteiger charge is 2.44. The zero-order valence-corrected chi connectivity index (χ0v) is 16.6. The SMILES string of the molecule is CSCCC(=O)N1CC(NC(=O)Cc2c[nH]c3ccccc23)C(C2CC2)C1. The number of carbonyl (C=O) groups excluding carboxylic acids is 2. The van der Waals surface area contributed by atoms with Crippen LogP contribution in [0.15, 0.2) is 30.5 Å². The Balaban J connectivity index is 1.39. The van der Waals surface area contributed by atoms with E-state index in [2.05, 4.69) is 10.3 Å². The molecule has 2 aromatic rings. The van der Waals surface area contributed by atoms with Crippen LogP contribution in [0.3, 0.4) is 0 Å². The highest BCUT2D eigenvalue weighted by molar-refractivity contribution is 7.98. The van der Waals surface area contributed by atoms with Crippen molar-refractivity contribution in [2.45, 2.75) is 31.7 Å². The third-order valence-electron chi connectivity index (χ3n) is 5.84. The minimum Gasteiger partial charge on any atom is -0.361 e. The van der Waals surface area contributed by atoms with Crippen molar-refractivity contribution in [3.05, 3.63) is 36.0 Å². The van der Waals surface area contributed by atoms with Gasteiger partial charge in [-0.05, 0) is 36.6 Å². The van der Waals surface area contributed by atoms with E-state index in [-0.39, 0.29) is 17.9 Å². The van der Waals surface area contributed by atoms with Crippen LogP contribution in [0.4, 0.5) is 0 Å². The predicted octanol–water partition coefficient (Wildman–Crippen LogP) is 2.82. The Kier molecular flexibility index (Phi) is 5.43. The van der Waals surface area contributed by atoms with Crippen LogP contribution >= 0.6 is 11.8 Å². The van der Waals surface area contributed by atoms with Crippen molar-refractivity contribution in [3.63, 3.8) is 0 Å². The first-order valence-electron chi connectivity index (χ1n) is 9.76. The van der Waals surface area contributed by atoms with E-state index < -0.39 is 0 Å². The molecular weight excluding hydrogens is 358 g/mol. The van der Waals surface area contributed by atoms with Crippen molar-refractivity contribution in [1.82, 2.24) is 15.2 Å². The minimum absolute atomic E-state index is 0.0498. The number of aromatic amines is 1. The molecule has 2 amide bonds. The average Bonchev–Trinajstić information content (AvgIpc) is 3.32. The third-order valence-corrected chi connectivity index (χ3v) is 6.45. The molecule has 2 heterocycles. The van der Waals surface area contributed by atoms with Gasteiger partial charge >= 0.3 is 0 Å². The summed E-state index contributed by atoms with van der Waals surface area (Å²) < 4.78 is 0. The summed E-state index contributed by atoms with van der Waals surface area (Å²) >= 11 is 1.70. The maximum Gasteiger partial charge on any atom is 0.224 e. The summed E-state index contributed by atoms with van der Waals surface area (Å²) in [7, 11) is 0. The largest absolute Gasteiger partial charge is 0.361 e. The zero-order chi connectivity index (χ0) is 18.8. The maximum atomic E-state index is 12.7. The normalized spacial score (nSPS) is 22.3. The van der Waals surface area contributed by atoms with E-state index in [9.17, 15) is 9.59 Å². The van der Waals surface area contributed by atoms with E-state index in [0.29, 0.717) is 31.2 Å². The van der Waals surface area contributed by atoms with Gasteiger partial charge in [0, 0.05) is 48.3 Å². The number of amides is 2. The van der Waals surface area contributed by atoms with E-state index in [1.54, 1.807) is 11.8 Å². The fourth-order valence-corrected chi connectivity index (χ4v) is 4.62. The Morgan fingerprint density at radius 2 is 2.07 bits per heavy atom. The molecular formula is C21H27N3O2S. The molecule has 1 aromatic heterocycles. The van der Waals surface area contributed by atoms with Crippen molar-refractivity contribution < 1.29 is 9.59 Å². The lowest BCUT2D eigenvalue weighted by atomic mass is 9.98. The van der Waals surface area contributed by atoms with Crippen molar-refractivity contribution in [1.29, 1.82) is 0 Å². The number of hydrogen-bond acceptors (Lipinski definition) is 3. The first-order valence-corrected chi connectivity index (χ1v) is 11.2. The summed E-state index contributed by atoms with van der Waals surface area (Å²) in [4.78, 5) is 30.3. The molecule has 0 spiro atoms. The summed E-state index contributed by atoms with van der Waals surface area (Å²) in [5.41, 5.74) is 2.08. The Hall–Kier alpha value is -1.95. The molecule has 2 aliphatic rings. The van der Waals surface area contributed by atoms with Crippen LogP contribution < -0.4 is 5.32 Å². The number of likely N-dealkylation sites (tertiary alicyclic amines) is 1. The third kappa shape index (κ3) is 4.15. The number of fused-ring (bicyclic) bond motifs is 1. The summed E-state index contributed by atoms with van der Waals surface area (Å²) in [5.74, 6) is 2.22. The number of nitrogens with zero attached hydrogens (tertiary/aromatic N) is 1. The lowest BCUT2D eigenvalue weighted by Gasteiger charge is -2.19. The van der Waals surface area contributed by atoms with Crippen LogP contribution in [0.5, 0.6) is 0 Å². The van der Waals surface area contributed by atoms with Gasteiger partial charge < -0.3 is 15.2 Å². The molecule has 1 aliphatic carbocycles. The van der Waals surface area contributed by atoms with Crippen molar-refractivity contribution in [2.24, 2.45) is 11.8 Å². The number of thioether (sulfide) groups is 1. The van der Waals surface area contributed by atoms with Gasteiger partial charge in [-0.25, -0.2) is 0 Å². The predicted molar refractivity (Wildman–Crippen MR) is 110 cm³/mol. The van der Waals surface area contributed by atoms with Gasteiger partial charge in [0.25, 0.3) is 0 Å². The standard InChI is InChI=1S/C21H27N3O2S/c1-27-9-8-21(26)24-12-17(14-6-7-14)19(13-24)23-20(25)10-15-11-22-18-5-3-2-4-16(15)18/h2-5,11,14,17,19,22H,6-10,12-13H2,1H3,(H,23,25). The minimum atomic E-state index is 0.0498. The molecule has 6 heteroatoms. The molecule has 2 atom stereocenters. The number of carbonyl (C=O) groups is 2. The topological polar surface area (TPSA) is 65.2 Å². The van der Waals surface area contributed by atoms with Crippen LogP contribution in [0.2, 0.25) is 0 Å². The Morgan fingerprint density at radius 3 is 2.85 bits per heavy atom. The van der Waals surface area contributed by atoms with Crippen LogP contribution in [0.25, 0.3) is 10.9 Å². The van der Waals surface area contributed by atoms with Gasteiger partial charge in [0.05, 0.1) is 12.5 Å². The highest BCUT2D eigenvalue weighted by Crippen LogP contribution is 2.41. The number of hydrogen-bond donors (Lipinski definition) is 2. The summed E-state index contributed by atoms with van der Waals surface area (Å²) in [5, 5.41) is 4.35. The summed E-state index contributed by atoms with van der Waals surface area (Å²) in [6, 6.07) is 8.14. The van der Waals surface area contributed by atoms with Crippen LogP contribution in [-0.2, 0) is 16.0 Å². The fourth-order valence-electron chi connectivity index (χ4n) is 4.24. The summed E-state index contributed by atoms with van der Waals surface area (Å²) in [6.07, 6.45) is 7.37. The highest BCUT2D eigenvalue weighted by atomic mass is 32.2. The van der Waals surface area contributed by atoms with Gasteiger partial charge in [0.1, 0.15) is 0 Å². The summed E-state index contributed by atoms with van der Waals surface area (Å²) in [6.45, 7) is 1.46. The number of benzene rings is 1. The lowest BCUT2D eigenvalue weighted by Crippen LogP contribution is -2.42. The second-order valence-corrected chi connectivity index (χ2v) is 8.74. The van der Waals surface area contributed by atoms with Crippen molar-refractivity contribution in [3.8, 4) is 0 Å². The van der Waals surface area contributed by atoms with E-state index in [4.69, 9.17) is 0 Å². The van der Waals surface area contributed by atoms with Gasteiger partial charge in [-0.15, -0.1) is 0 Å². The van der Waals surface area contributed by atoms with Crippen LogP contribution in [0, 0.1) is 11.8 Å². The molecule has 1 aliphatic heterocycles. The number of aromatic nitrogens is 1. The molecule has 1 aromatic carbocycles. The van der Waals surface area contributed by atoms with E-state index >= 15 is 0 Å². The van der Waals surface area contributed by atoms with E-state index in [1.807, 2.05) is 41.6 Å². The quantitative estimate of drug-likeness (QED) is 0.770. The van der Waals surface area contributed by atoms with Gasteiger partial charge in [0.2, 0.25) is 11.8 Å². The van der Waals surface area contributed by atoms with E-state index in [0.717, 1.165) is 28.8 Å². The van der Waals surface area contributed by atoms with Crippen molar-refractivity contribution in [2.75, 3.05) is 25.1 Å². The number of para-hydroxylation sites is 1. The molecule has 2 unspecified atom stereocenters. The number of rotatable bonds is 7. The molecule has 1 saturated carbocycles. The monoisotopic (exact) mass is 385 g/mol. The first-order chi connectivity index (χ1) is 13.2. The molecule has 4 rings (SSSR count). The number of H-pyrrole nitrogens is 1. The van der Waals surface area contributed by atoms with Gasteiger partial charge in [-0.1, -0.05) is 18.2 Å². The van der Waals surface area contributed by atoms with Crippen LogP contribution in [-0.4, -0.2) is 52.8 Å². The van der Waals surface area contributed by atoms with E-state index in [1.165, 1.54) is 12.8 Å². The fraction of sp³-hybridized carbons (Fsp3) is 0.524. The van der Waals surface area contributed by atoms with Crippen LogP contribution in [0.1, 0.15) is 24.8 Å². The van der Waals surface area contributed by atoms with Gasteiger partial charge in [-0.3, -0.25) is 9.59 Å². The molecule has 2 fully saturated rings. The molecule has 5 nitrogen and oxygen atoms in total. The van der Waals surface area contributed by atoms with Gasteiger partial charge in [0.15, 0.2) is 0 Å². The smallest absolute Gasteiger partial charge is 0.224 e. The Morgan fingerprint density at radius 1 is 1.26 bits per heavy atom. The Labute approximate surface area is 164 Å². The maximum absolute atomic E-state index is 12.7. The molecule has 27 heavy (non-hydrogen) atoms. The molecule has 0 bridgehead atoms. The molecule has 2 N–H and O–H groups in total. The Bertz CT molecular complexity index is 830. The average molecular weight is 386 g/mol. The first kappa shape index (κ1) is 18.4. The second kappa shape index (κ2) is 7.97. The lowest BCUT2D eigenvalue weighted by molar-refractivity contribution is -0.130. The molecule has 0 radical (unpaired) electrons. The number of nitrogens with one attached hydrogen (secondary N) is 2. The molecule has 1 saturated heterocycles. The molecule has 144 valence electrons. The second-order valence-electron chi connectivity index (χ2n) is 7.75. The zero-order valence-electron chi connectivity index (χ0n) is 15.7.